The summed E-state index contributed by atoms with van der Waals surface area (Å²) in [5, 5.41) is 3.40. The maximum absolute atomic E-state index is 12.2. The number of aryl methyl sites for hydroxylation is 1. The molecule has 0 radical (unpaired) electrons. The SMILES string of the molecule is CCCNC1(C(=O)OC)CCc2cc(Br)ccc2C1. The molecule has 0 saturated carbocycles. The minimum atomic E-state index is -0.550. The van der Waals surface area contributed by atoms with Gasteiger partial charge in [-0.25, -0.2) is 0 Å². The molecular formula is C15H20BrNO2. The lowest BCUT2D eigenvalue weighted by Gasteiger charge is -2.36. The number of benzene rings is 1. The Morgan fingerprint density at radius 3 is 2.95 bits per heavy atom. The predicted octanol–water partition coefficient (Wildman–Crippen LogP) is 2.85. The van der Waals surface area contributed by atoms with Crippen molar-refractivity contribution in [1.82, 2.24) is 5.32 Å². The van der Waals surface area contributed by atoms with Gasteiger partial charge in [0.1, 0.15) is 5.54 Å². The summed E-state index contributed by atoms with van der Waals surface area (Å²) in [6.07, 6.45) is 3.41. The van der Waals surface area contributed by atoms with Crippen molar-refractivity contribution in [2.75, 3.05) is 13.7 Å². The zero-order valence-corrected chi connectivity index (χ0v) is 13.0. The van der Waals surface area contributed by atoms with Gasteiger partial charge in [0.25, 0.3) is 0 Å². The fourth-order valence-electron chi connectivity index (χ4n) is 2.72. The van der Waals surface area contributed by atoms with Gasteiger partial charge >= 0.3 is 5.97 Å². The highest BCUT2D eigenvalue weighted by atomic mass is 79.9. The average molecular weight is 326 g/mol. The van der Waals surface area contributed by atoms with Crippen molar-refractivity contribution in [2.45, 2.75) is 38.1 Å². The highest BCUT2D eigenvalue weighted by Gasteiger charge is 2.41. The lowest BCUT2D eigenvalue weighted by atomic mass is 9.78. The van der Waals surface area contributed by atoms with E-state index >= 15 is 0 Å². The van der Waals surface area contributed by atoms with E-state index in [1.54, 1.807) is 0 Å². The van der Waals surface area contributed by atoms with Crippen LogP contribution >= 0.6 is 15.9 Å². The van der Waals surface area contributed by atoms with E-state index in [1.165, 1.54) is 18.2 Å². The van der Waals surface area contributed by atoms with E-state index in [0.717, 1.165) is 30.3 Å². The third kappa shape index (κ3) is 3.00. The first kappa shape index (κ1) is 14.5. The van der Waals surface area contributed by atoms with Gasteiger partial charge in [-0.2, -0.15) is 0 Å². The van der Waals surface area contributed by atoms with Gasteiger partial charge in [0.05, 0.1) is 7.11 Å². The number of esters is 1. The summed E-state index contributed by atoms with van der Waals surface area (Å²) >= 11 is 3.50. The van der Waals surface area contributed by atoms with Crippen LogP contribution in [0.25, 0.3) is 0 Å². The first-order valence-corrected chi connectivity index (χ1v) is 7.51. The lowest BCUT2D eigenvalue weighted by Crippen LogP contribution is -2.56. The molecule has 0 aliphatic heterocycles. The second-order valence-electron chi connectivity index (χ2n) is 5.09. The molecule has 0 saturated heterocycles. The third-order valence-corrected chi connectivity index (χ3v) is 4.26. The van der Waals surface area contributed by atoms with Gasteiger partial charge in [0.15, 0.2) is 0 Å². The molecule has 3 nitrogen and oxygen atoms in total. The number of carbonyl (C=O) groups is 1. The highest BCUT2D eigenvalue weighted by Crippen LogP contribution is 2.31. The fraction of sp³-hybridized carbons (Fsp3) is 0.533. The smallest absolute Gasteiger partial charge is 0.326 e. The zero-order valence-electron chi connectivity index (χ0n) is 11.5. The van der Waals surface area contributed by atoms with Gasteiger partial charge in [0, 0.05) is 10.9 Å². The Labute approximate surface area is 122 Å². The van der Waals surface area contributed by atoms with E-state index in [1.807, 2.05) is 6.07 Å². The van der Waals surface area contributed by atoms with Gasteiger partial charge in [-0.1, -0.05) is 28.9 Å². The predicted molar refractivity (Wildman–Crippen MR) is 79.2 cm³/mol. The molecule has 1 atom stereocenters. The molecule has 1 unspecified atom stereocenters. The summed E-state index contributed by atoms with van der Waals surface area (Å²) in [4.78, 5) is 12.2. The van der Waals surface area contributed by atoms with E-state index in [-0.39, 0.29) is 5.97 Å². The van der Waals surface area contributed by atoms with Gasteiger partial charge in [-0.05, 0) is 49.1 Å². The van der Waals surface area contributed by atoms with Crippen LogP contribution in [0.4, 0.5) is 0 Å². The van der Waals surface area contributed by atoms with Crippen molar-refractivity contribution in [3.8, 4) is 0 Å². The van der Waals surface area contributed by atoms with Crippen LogP contribution in [0.1, 0.15) is 30.9 Å². The summed E-state index contributed by atoms with van der Waals surface area (Å²) in [6.45, 7) is 2.94. The van der Waals surface area contributed by atoms with Crippen LogP contribution in [0.5, 0.6) is 0 Å². The molecule has 0 spiro atoms. The maximum Gasteiger partial charge on any atom is 0.326 e. The maximum atomic E-state index is 12.2. The number of nitrogens with one attached hydrogen (secondary N) is 1. The molecule has 0 aromatic heterocycles. The Kier molecular flexibility index (Phi) is 4.63. The number of hydrogen-bond donors (Lipinski definition) is 1. The monoisotopic (exact) mass is 325 g/mol. The van der Waals surface area contributed by atoms with Crippen LogP contribution in [-0.2, 0) is 22.4 Å². The minimum Gasteiger partial charge on any atom is -0.468 e. The molecule has 0 amide bonds. The Morgan fingerprint density at radius 2 is 2.26 bits per heavy atom. The summed E-state index contributed by atoms with van der Waals surface area (Å²) in [7, 11) is 1.47. The van der Waals surface area contributed by atoms with Crippen LogP contribution < -0.4 is 5.32 Å². The molecule has 1 aliphatic rings. The first-order chi connectivity index (χ1) is 9.11. The van der Waals surface area contributed by atoms with E-state index in [4.69, 9.17) is 4.74 Å². The van der Waals surface area contributed by atoms with Crippen molar-refractivity contribution in [1.29, 1.82) is 0 Å². The number of rotatable bonds is 4. The summed E-state index contributed by atoms with van der Waals surface area (Å²) in [6, 6.07) is 6.28. The quantitative estimate of drug-likeness (QED) is 0.865. The topological polar surface area (TPSA) is 38.3 Å². The largest absolute Gasteiger partial charge is 0.468 e. The molecule has 1 aromatic carbocycles. The van der Waals surface area contributed by atoms with Crippen LogP contribution in [0, 0.1) is 0 Å². The summed E-state index contributed by atoms with van der Waals surface area (Å²) in [5.41, 5.74) is 2.02. The highest BCUT2D eigenvalue weighted by molar-refractivity contribution is 9.10. The lowest BCUT2D eigenvalue weighted by molar-refractivity contribution is -0.149. The molecule has 1 aliphatic carbocycles. The molecule has 1 aromatic rings. The summed E-state index contributed by atoms with van der Waals surface area (Å²) in [5.74, 6) is -0.144. The van der Waals surface area contributed by atoms with Crippen molar-refractivity contribution in [2.24, 2.45) is 0 Å². The summed E-state index contributed by atoms with van der Waals surface area (Å²) < 4.78 is 6.11. The second kappa shape index (κ2) is 6.06. The van der Waals surface area contributed by atoms with Crippen molar-refractivity contribution < 1.29 is 9.53 Å². The molecule has 0 fully saturated rings. The Bertz CT molecular complexity index is 475. The normalized spacial score (nSPS) is 21.8. The van der Waals surface area contributed by atoms with Crippen LogP contribution in [0.3, 0.4) is 0 Å². The number of fused-ring (bicyclic) bond motifs is 1. The zero-order chi connectivity index (χ0) is 13.9. The Balaban J connectivity index is 2.28. The standard InChI is InChI=1S/C15H20BrNO2/c1-3-8-17-15(14(18)19-2)7-6-11-9-13(16)5-4-12(11)10-15/h4-5,9,17H,3,6-8,10H2,1-2H3. The first-order valence-electron chi connectivity index (χ1n) is 6.72. The van der Waals surface area contributed by atoms with Gasteiger partial charge in [0.2, 0.25) is 0 Å². The van der Waals surface area contributed by atoms with Crippen molar-refractivity contribution in [3.63, 3.8) is 0 Å². The number of ether oxygens (including phenoxy) is 1. The van der Waals surface area contributed by atoms with Gasteiger partial charge < -0.3 is 10.1 Å². The van der Waals surface area contributed by atoms with Crippen molar-refractivity contribution in [3.05, 3.63) is 33.8 Å². The fourth-order valence-corrected chi connectivity index (χ4v) is 3.13. The molecule has 2 rings (SSSR count). The molecule has 0 heterocycles. The van der Waals surface area contributed by atoms with Crippen LogP contribution in [-0.4, -0.2) is 25.2 Å². The van der Waals surface area contributed by atoms with E-state index in [9.17, 15) is 4.79 Å². The van der Waals surface area contributed by atoms with Gasteiger partial charge in [-0.15, -0.1) is 0 Å². The van der Waals surface area contributed by atoms with Crippen molar-refractivity contribution >= 4 is 21.9 Å². The average Bonchev–Trinajstić information content (AvgIpc) is 2.44. The molecule has 1 N–H and O–H groups in total. The van der Waals surface area contributed by atoms with Gasteiger partial charge in [-0.3, -0.25) is 4.79 Å². The molecular weight excluding hydrogens is 306 g/mol. The van der Waals surface area contributed by atoms with E-state index in [0.29, 0.717) is 6.42 Å². The van der Waals surface area contributed by atoms with E-state index in [2.05, 4.69) is 40.3 Å². The number of halogens is 1. The van der Waals surface area contributed by atoms with Crippen LogP contribution in [0.2, 0.25) is 0 Å². The minimum absolute atomic E-state index is 0.144. The second-order valence-corrected chi connectivity index (χ2v) is 6.01. The number of hydrogen-bond acceptors (Lipinski definition) is 3. The molecule has 104 valence electrons. The molecule has 4 heteroatoms. The Morgan fingerprint density at radius 1 is 1.47 bits per heavy atom. The molecule has 19 heavy (non-hydrogen) atoms. The van der Waals surface area contributed by atoms with E-state index < -0.39 is 5.54 Å². The molecule has 0 bridgehead atoms. The number of methoxy groups -OCH3 is 1. The third-order valence-electron chi connectivity index (χ3n) is 3.77. The Hall–Kier alpha value is -0.870. The number of carbonyl (C=O) groups excluding carboxylic acids is 1. The van der Waals surface area contributed by atoms with Crippen LogP contribution in [0.15, 0.2) is 22.7 Å².